The van der Waals surface area contributed by atoms with Gasteiger partial charge in [-0.2, -0.15) is 4.37 Å². The fourth-order valence-corrected chi connectivity index (χ4v) is 4.79. The van der Waals surface area contributed by atoms with Gasteiger partial charge in [-0.05, 0) is 78.0 Å². The molecule has 0 saturated carbocycles. The lowest BCUT2D eigenvalue weighted by atomic mass is 10.00. The summed E-state index contributed by atoms with van der Waals surface area (Å²) in [5.41, 5.74) is 14.1. The normalized spacial score (nSPS) is 11.6. The summed E-state index contributed by atoms with van der Waals surface area (Å²) in [4.78, 5) is 41.0. The monoisotopic (exact) mass is 547 g/mol. The highest BCUT2D eigenvalue weighted by Gasteiger charge is 2.36. The fourth-order valence-electron chi connectivity index (χ4n) is 4.05. The summed E-state index contributed by atoms with van der Waals surface area (Å²) < 4.78 is 17.3. The Morgan fingerprint density at radius 3 is 2.33 bits per heavy atom. The zero-order valence-corrected chi connectivity index (χ0v) is 22.0. The Labute approximate surface area is 228 Å². The molecule has 1 aromatic heterocycles. The molecule has 6 N–H and O–H groups in total. The number of nitrogens with zero attached hydrogens (tertiary/aromatic N) is 2. The number of nitrogens with one attached hydrogen (secondary N) is 1. The number of phenolic OH excluding ortho intramolecular Hbond substituents is 1. The molecule has 0 bridgehead atoms. The van der Waals surface area contributed by atoms with E-state index in [0.29, 0.717) is 33.9 Å². The highest BCUT2D eigenvalue weighted by atomic mass is 32.1. The number of amides is 3. The molecule has 0 aliphatic carbocycles. The first-order chi connectivity index (χ1) is 18.6. The van der Waals surface area contributed by atoms with Crippen LogP contribution in [0.25, 0.3) is 0 Å². The summed E-state index contributed by atoms with van der Waals surface area (Å²) in [6.45, 7) is 3.71. The van der Waals surface area contributed by atoms with Crippen molar-refractivity contribution in [1.29, 1.82) is 0 Å². The average molecular weight is 548 g/mol. The predicted octanol–water partition coefficient (Wildman–Crippen LogP) is 3.99. The number of nitrogens with two attached hydrogens (primary N) is 2. The van der Waals surface area contributed by atoms with Crippen molar-refractivity contribution < 1.29 is 23.9 Å². The zero-order valence-electron chi connectivity index (χ0n) is 21.1. The Morgan fingerprint density at radius 1 is 1.05 bits per heavy atom. The Morgan fingerprint density at radius 2 is 1.72 bits per heavy atom. The molecule has 39 heavy (non-hydrogen) atoms. The molecule has 0 aliphatic rings. The maximum Gasteiger partial charge on any atom is 0.273 e. The molecule has 200 valence electrons. The Kier molecular flexibility index (Phi) is 7.91. The molecule has 0 radical (unpaired) electrons. The van der Waals surface area contributed by atoms with Gasteiger partial charge in [0.2, 0.25) is 5.91 Å². The molecule has 0 aliphatic heterocycles. The summed E-state index contributed by atoms with van der Waals surface area (Å²) >= 11 is 0.710. The smallest absolute Gasteiger partial charge is 0.273 e. The first kappa shape index (κ1) is 27.3. The standard InChI is InChI=1S/C28H26FN5O4S/c1-15-3-4-16(2)21(13-15)34(28(38)25-22(30)23(26(31)36)33-39-25)24(18-7-11-20(35)12-8-18)27(37)32-14-17-5-9-19(29)10-6-17/h3-13,24,35H,14,30H2,1-2H3,(H2,31,36)(H,32,37)/t24-/m0/s1. The number of hydrogen-bond acceptors (Lipinski definition) is 7. The Bertz CT molecular complexity index is 1540. The SMILES string of the molecule is Cc1ccc(C)c(N(C(=O)c2snc(C(N)=O)c2N)[C@H](C(=O)NCc2ccc(F)cc2)c2ccc(O)cc2)c1. The van der Waals surface area contributed by atoms with Crippen molar-refractivity contribution in [3.05, 3.63) is 105 Å². The molecule has 11 heteroatoms. The van der Waals surface area contributed by atoms with E-state index in [4.69, 9.17) is 11.5 Å². The first-order valence-electron chi connectivity index (χ1n) is 11.8. The number of primary amides is 1. The quantitative estimate of drug-likeness (QED) is 0.262. The van der Waals surface area contributed by atoms with Crippen molar-refractivity contribution >= 4 is 40.6 Å². The van der Waals surface area contributed by atoms with Gasteiger partial charge in [-0.25, -0.2) is 4.39 Å². The second kappa shape index (κ2) is 11.3. The number of aryl methyl sites for hydroxylation is 2. The highest BCUT2D eigenvalue weighted by molar-refractivity contribution is 7.09. The first-order valence-corrected chi connectivity index (χ1v) is 12.6. The van der Waals surface area contributed by atoms with Gasteiger partial charge in [-0.3, -0.25) is 19.3 Å². The second-order valence-corrected chi connectivity index (χ2v) is 9.72. The minimum atomic E-state index is -1.22. The van der Waals surface area contributed by atoms with Crippen LogP contribution >= 0.6 is 11.5 Å². The molecule has 1 atom stereocenters. The maximum absolute atomic E-state index is 14.2. The van der Waals surface area contributed by atoms with E-state index in [1.54, 1.807) is 25.1 Å². The topological polar surface area (TPSA) is 152 Å². The average Bonchev–Trinajstić information content (AvgIpc) is 3.30. The fraction of sp³-hybridized carbons (Fsp3) is 0.143. The van der Waals surface area contributed by atoms with Gasteiger partial charge in [-0.1, -0.05) is 36.4 Å². The number of aromatic hydroxyl groups is 1. The van der Waals surface area contributed by atoms with Crippen molar-refractivity contribution in [3.8, 4) is 5.75 Å². The van der Waals surface area contributed by atoms with E-state index in [2.05, 4.69) is 9.69 Å². The van der Waals surface area contributed by atoms with Gasteiger partial charge in [0.1, 0.15) is 22.5 Å². The van der Waals surface area contributed by atoms with Crippen LogP contribution in [0.5, 0.6) is 5.75 Å². The van der Waals surface area contributed by atoms with Crippen LogP contribution in [0.15, 0.2) is 66.7 Å². The van der Waals surface area contributed by atoms with Crippen molar-refractivity contribution in [2.45, 2.75) is 26.4 Å². The van der Waals surface area contributed by atoms with Crippen LogP contribution in [0.2, 0.25) is 0 Å². The molecule has 3 aromatic carbocycles. The van der Waals surface area contributed by atoms with E-state index >= 15 is 0 Å². The van der Waals surface area contributed by atoms with Crippen LogP contribution in [0.4, 0.5) is 15.8 Å². The Balaban J connectivity index is 1.85. The summed E-state index contributed by atoms with van der Waals surface area (Å²) in [5, 5.41) is 12.7. The van der Waals surface area contributed by atoms with Crippen molar-refractivity contribution in [1.82, 2.24) is 9.69 Å². The summed E-state index contributed by atoms with van der Waals surface area (Å²) in [5.74, 6) is -2.52. The number of carbonyl (C=O) groups is 3. The molecular formula is C28H26FN5O4S. The summed E-state index contributed by atoms with van der Waals surface area (Å²) in [6.07, 6.45) is 0. The lowest BCUT2D eigenvalue weighted by molar-refractivity contribution is -0.122. The number of benzene rings is 3. The third-order valence-electron chi connectivity index (χ3n) is 6.09. The Hall–Kier alpha value is -4.77. The third kappa shape index (κ3) is 5.88. The number of aromatic nitrogens is 1. The van der Waals surface area contributed by atoms with E-state index in [1.807, 2.05) is 19.1 Å². The lowest BCUT2D eigenvalue weighted by Gasteiger charge is -2.32. The minimum absolute atomic E-state index is 0.0216. The van der Waals surface area contributed by atoms with E-state index in [-0.39, 0.29) is 28.6 Å². The summed E-state index contributed by atoms with van der Waals surface area (Å²) in [6, 6.07) is 15.8. The molecule has 1 heterocycles. The van der Waals surface area contributed by atoms with Crippen LogP contribution in [-0.2, 0) is 11.3 Å². The van der Waals surface area contributed by atoms with Crippen LogP contribution < -0.4 is 21.7 Å². The maximum atomic E-state index is 14.2. The van der Waals surface area contributed by atoms with Crippen LogP contribution in [-0.4, -0.2) is 27.2 Å². The molecule has 4 rings (SSSR count). The van der Waals surface area contributed by atoms with Gasteiger partial charge in [0, 0.05) is 12.2 Å². The van der Waals surface area contributed by atoms with Crippen molar-refractivity contribution in [2.75, 3.05) is 10.6 Å². The molecule has 0 unspecified atom stereocenters. The number of phenols is 1. The predicted molar refractivity (Wildman–Crippen MR) is 147 cm³/mol. The lowest BCUT2D eigenvalue weighted by Crippen LogP contribution is -2.44. The van der Waals surface area contributed by atoms with Gasteiger partial charge < -0.3 is 21.9 Å². The summed E-state index contributed by atoms with van der Waals surface area (Å²) in [7, 11) is 0. The van der Waals surface area contributed by atoms with Gasteiger partial charge in [-0.15, -0.1) is 0 Å². The van der Waals surface area contributed by atoms with Gasteiger partial charge >= 0.3 is 0 Å². The second-order valence-electron chi connectivity index (χ2n) is 8.94. The van der Waals surface area contributed by atoms with E-state index in [9.17, 15) is 23.9 Å². The van der Waals surface area contributed by atoms with Crippen molar-refractivity contribution in [2.24, 2.45) is 5.73 Å². The highest BCUT2D eigenvalue weighted by Crippen LogP contribution is 2.35. The number of halogens is 1. The molecule has 4 aromatic rings. The number of anilines is 2. The van der Waals surface area contributed by atoms with Crippen LogP contribution in [0, 0.1) is 19.7 Å². The van der Waals surface area contributed by atoms with Gasteiger partial charge in [0.25, 0.3) is 11.8 Å². The van der Waals surface area contributed by atoms with Gasteiger partial charge in [0.15, 0.2) is 5.69 Å². The minimum Gasteiger partial charge on any atom is -0.508 e. The van der Waals surface area contributed by atoms with E-state index in [0.717, 1.165) is 5.56 Å². The number of nitrogen functional groups attached to an aromatic ring is 1. The van der Waals surface area contributed by atoms with Crippen molar-refractivity contribution in [3.63, 3.8) is 0 Å². The van der Waals surface area contributed by atoms with E-state index < -0.39 is 29.6 Å². The largest absolute Gasteiger partial charge is 0.508 e. The molecule has 3 amide bonds. The molecule has 0 saturated heterocycles. The molecule has 0 fully saturated rings. The molecule has 0 spiro atoms. The molecular weight excluding hydrogens is 521 g/mol. The number of rotatable bonds is 8. The van der Waals surface area contributed by atoms with E-state index in [1.165, 1.54) is 41.3 Å². The zero-order chi connectivity index (χ0) is 28.3. The van der Waals surface area contributed by atoms with Crippen LogP contribution in [0.1, 0.15) is 48.5 Å². The number of hydrogen-bond donors (Lipinski definition) is 4. The number of carbonyl (C=O) groups excluding carboxylic acids is 3. The van der Waals surface area contributed by atoms with Gasteiger partial charge in [0.05, 0.1) is 5.69 Å². The van der Waals surface area contributed by atoms with Crippen LogP contribution in [0.3, 0.4) is 0 Å². The third-order valence-corrected chi connectivity index (χ3v) is 6.94. The molecule has 9 nitrogen and oxygen atoms in total.